The Balaban J connectivity index is 1.86. The Kier molecular flexibility index (Phi) is 6.52. The lowest BCUT2D eigenvalue weighted by molar-refractivity contribution is 0.0803. The molecule has 0 radical (unpaired) electrons. The lowest BCUT2D eigenvalue weighted by Gasteiger charge is -2.42. The number of nitrogens with zero attached hydrogens (tertiary/aromatic N) is 1. The fourth-order valence-corrected chi connectivity index (χ4v) is 3.31. The van der Waals surface area contributed by atoms with Crippen LogP contribution >= 0.6 is 15.9 Å². The van der Waals surface area contributed by atoms with Crippen molar-refractivity contribution < 1.29 is 4.74 Å². The molecule has 1 aliphatic heterocycles. The Morgan fingerprint density at radius 3 is 3.00 bits per heavy atom. The van der Waals surface area contributed by atoms with E-state index >= 15 is 0 Å². The van der Waals surface area contributed by atoms with Crippen molar-refractivity contribution in [3.63, 3.8) is 0 Å². The molecule has 1 fully saturated rings. The zero-order chi connectivity index (χ0) is 15.2. The molecule has 1 heterocycles. The van der Waals surface area contributed by atoms with E-state index in [1.165, 1.54) is 6.42 Å². The van der Waals surface area contributed by atoms with Crippen molar-refractivity contribution in [1.29, 1.82) is 0 Å². The summed E-state index contributed by atoms with van der Waals surface area (Å²) >= 11 is 3.48. The first-order chi connectivity index (χ1) is 10.1. The van der Waals surface area contributed by atoms with Crippen molar-refractivity contribution in [1.82, 2.24) is 10.2 Å². The second-order valence-electron chi connectivity index (χ2n) is 6.06. The molecule has 1 N–H and O–H groups in total. The van der Waals surface area contributed by atoms with Gasteiger partial charge in [0.25, 0.3) is 0 Å². The van der Waals surface area contributed by atoms with Crippen LogP contribution in [0.4, 0.5) is 0 Å². The van der Waals surface area contributed by atoms with E-state index in [4.69, 9.17) is 4.74 Å². The summed E-state index contributed by atoms with van der Waals surface area (Å²) in [6, 6.07) is 9.25. The largest absolute Gasteiger partial charge is 0.492 e. The standard InChI is InChI=1S/C17H27BrN2O/c1-4-13(2)17-11-19-14(3)12-20(17)8-9-21-16-7-5-6-15(18)10-16/h5-7,10,13-14,17,19H,4,8-9,11-12H2,1-3H3. The Morgan fingerprint density at radius 1 is 1.48 bits per heavy atom. The van der Waals surface area contributed by atoms with E-state index in [0.717, 1.165) is 42.4 Å². The molecule has 2 rings (SSSR count). The molecule has 0 saturated carbocycles. The number of nitrogens with one attached hydrogen (secondary N) is 1. The van der Waals surface area contributed by atoms with Crippen LogP contribution in [-0.2, 0) is 0 Å². The zero-order valence-corrected chi connectivity index (χ0v) is 14.9. The van der Waals surface area contributed by atoms with Gasteiger partial charge in [0.15, 0.2) is 0 Å². The first-order valence-electron chi connectivity index (χ1n) is 7.96. The van der Waals surface area contributed by atoms with Gasteiger partial charge in [0.2, 0.25) is 0 Å². The monoisotopic (exact) mass is 354 g/mol. The van der Waals surface area contributed by atoms with Gasteiger partial charge in [-0.05, 0) is 31.0 Å². The maximum atomic E-state index is 5.89. The lowest BCUT2D eigenvalue weighted by atomic mass is 9.95. The second-order valence-corrected chi connectivity index (χ2v) is 6.98. The van der Waals surface area contributed by atoms with Gasteiger partial charge >= 0.3 is 0 Å². The molecule has 0 amide bonds. The topological polar surface area (TPSA) is 24.5 Å². The minimum Gasteiger partial charge on any atom is -0.492 e. The van der Waals surface area contributed by atoms with Crippen molar-refractivity contribution in [2.75, 3.05) is 26.2 Å². The highest BCUT2D eigenvalue weighted by atomic mass is 79.9. The Labute approximate surface area is 137 Å². The van der Waals surface area contributed by atoms with E-state index < -0.39 is 0 Å². The van der Waals surface area contributed by atoms with Gasteiger partial charge in [-0.2, -0.15) is 0 Å². The Morgan fingerprint density at radius 2 is 2.29 bits per heavy atom. The van der Waals surface area contributed by atoms with Gasteiger partial charge in [-0.1, -0.05) is 42.3 Å². The third-order valence-electron chi connectivity index (χ3n) is 4.40. The average Bonchev–Trinajstić information content (AvgIpc) is 2.47. The predicted octanol–water partition coefficient (Wildman–Crippen LogP) is 3.54. The van der Waals surface area contributed by atoms with E-state index in [2.05, 4.69) is 46.9 Å². The van der Waals surface area contributed by atoms with Gasteiger partial charge in [0.05, 0.1) is 0 Å². The van der Waals surface area contributed by atoms with Crippen LogP contribution in [0.15, 0.2) is 28.7 Å². The van der Waals surface area contributed by atoms with Crippen molar-refractivity contribution >= 4 is 15.9 Å². The number of ether oxygens (including phenoxy) is 1. The van der Waals surface area contributed by atoms with Crippen molar-refractivity contribution in [2.45, 2.75) is 39.3 Å². The van der Waals surface area contributed by atoms with Crippen LogP contribution in [0.1, 0.15) is 27.2 Å². The van der Waals surface area contributed by atoms with Crippen molar-refractivity contribution in [3.8, 4) is 5.75 Å². The maximum absolute atomic E-state index is 5.89. The molecule has 21 heavy (non-hydrogen) atoms. The maximum Gasteiger partial charge on any atom is 0.120 e. The molecule has 3 unspecified atom stereocenters. The summed E-state index contributed by atoms with van der Waals surface area (Å²) in [5.41, 5.74) is 0. The zero-order valence-electron chi connectivity index (χ0n) is 13.3. The van der Waals surface area contributed by atoms with Gasteiger partial charge in [-0.15, -0.1) is 0 Å². The number of halogens is 1. The van der Waals surface area contributed by atoms with Crippen LogP contribution in [-0.4, -0.2) is 43.2 Å². The number of hydrogen-bond donors (Lipinski definition) is 1. The third-order valence-corrected chi connectivity index (χ3v) is 4.89. The van der Waals surface area contributed by atoms with Crippen LogP contribution in [0.2, 0.25) is 0 Å². The van der Waals surface area contributed by atoms with Crippen LogP contribution < -0.4 is 10.1 Å². The second kappa shape index (κ2) is 8.16. The van der Waals surface area contributed by atoms with Gasteiger partial charge in [-0.25, -0.2) is 0 Å². The molecule has 3 nitrogen and oxygen atoms in total. The highest BCUT2D eigenvalue weighted by molar-refractivity contribution is 9.10. The molecule has 1 saturated heterocycles. The number of benzene rings is 1. The molecule has 4 heteroatoms. The summed E-state index contributed by atoms with van der Waals surface area (Å²) in [4.78, 5) is 2.59. The summed E-state index contributed by atoms with van der Waals surface area (Å²) in [5, 5.41) is 3.60. The number of rotatable bonds is 6. The Bertz CT molecular complexity index is 441. The van der Waals surface area contributed by atoms with E-state index in [0.29, 0.717) is 12.1 Å². The van der Waals surface area contributed by atoms with Gasteiger partial charge < -0.3 is 10.1 Å². The molecular weight excluding hydrogens is 328 g/mol. The number of piperazine rings is 1. The molecule has 1 aromatic carbocycles. The molecule has 0 bridgehead atoms. The van der Waals surface area contributed by atoms with Crippen molar-refractivity contribution in [3.05, 3.63) is 28.7 Å². The molecule has 1 aliphatic rings. The first-order valence-corrected chi connectivity index (χ1v) is 8.75. The predicted molar refractivity (Wildman–Crippen MR) is 91.9 cm³/mol. The summed E-state index contributed by atoms with van der Waals surface area (Å²) in [6.45, 7) is 10.8. The molecule has 1 aromatic rings. The quantitative estimate of drug-likeness (QED) is 0.845. The number of hydrogen-bond acceptors (Lipinski definition) is 3. The third kappa shape index (κ3) is 4.97. The van der Waals surface area contributed by atoms with Crippen LogP contribution in [0, 0.1) is 5.92 Å². The Hall–Kier alpha value is -0.580. The molecule has 0 spiro atoms. The summed E-state index contributed by atoms with van der Waals surface area (Å²) in [5.74, 6) is 1.66. The fourth-order valence-electron chi connectivity index (χ4n) is 2.93. The summed E-state index contributed by atoms with van der Waals surface area (Å²) in [7, 11) is 0. The van der Waals surface area contributed by atoms with Crippen LogP contribution in [0.25, 0.3) is 0 Å². The van der Waals surface area contributed by atoms with E-state index in [-0.39, 0.29) is 0 Å². The molecule has 0 aromatic heterocycles. The minimum absolute atomic E-state index is 0.566. The first kappa shape index (κ1) is 16.8. The van der Waals surface area contributed by atoms with Gasteiger partial charge in [0, 0.05) is 36.2 Å². The van der Waals surface area contributed by atoms with Gasteiger partial charge in [-0.3, -0.25) is 4.90 Å². The van der Waals surface area contributed by atoms with Crippen LogP contribution in [0.3, 0.4) is 0 Å². The normalized spacial score (nSPS) is 24.8. The fraction of sp³-hybridized carbons (Fsp3) is 0.647. The lowest BCUT2D eigenvalue weighted by Crippen LogP contribution is -2.58. The van der Waals surface area contributed by atoms with Crippen molar-refractivity contribution in [2.24, 2.45) is 5.92 Å². The molecule has 118 valence electrons. The van der Waals surface area contributed by atoms with Gasteiger partial charge in [0.1, 0.15) is 12.4 Å². The highest BCUT2D eigenvalue weighted by Crippen LogP contribution is 2.20. The van der Waals surface area contributed by atoms with E-state index in [1.54, 1.807) is 0 Å². The average molecular weight is 355 g/mol. The molecule has 3 atom stereocenters. The summed E-state index contributed by atoms with van der Waals surface area (Å²) in [6.07, 6.45) is 1.23. The molecule has 0 aliphatic carbocycles. The minimum atomic E-state index is 0.566. The van der Waals surface area contributed by atoms with E-state index in [1.807, 2.05) is 24.3 Å². The summed E-state index contributed by atoms with van der Waals surface area (Å²) < 4.78 is 6.96. The smallest absolute Gasteiger partial charge is 0.120 e. The highest BCUT2D eigenvalue weighted by Gasteiger charge is 2.28. The van der Waals surface area contributed by atoms with Crippen LogP contribution in [0.5, 0.6) is 5.75 Å². The van der Waals surface area contributed by atoms with E-state index in [9.17, 15) is 0 Å². The SMILES string of the molecule is CCC(C)C1CNC(C)CN1CCOc1cccc(Br)c1. The molecular formula is C17H27BrN2O.